The maximum absolute atomic E-state index is 11.9. The molecular weight excluding hydrogens is 260 g/mol. The van der Waals surface area contributed by atoms with Gasteiger partial charge in [0.1, 0.15) is 0 Å². The molecule has 104 valence electrons. The van der Waals surface area contributed by atoms with Gasteiger partial charge < -0.3 is 0 Å². The minimum absolute atomic E-state index is 0.0319. The predicted molar refractivity (Wildman–Crippen MR) is 75.3 cm³/mol. The van der Waals surface area contributed by atoms with E-state index in [0.717, 1.165) is 5.56 Å². The van der Waals surface area contributed by atoms with Gasteiger partial charge in [0.2, 0.25) is 10.0 Å². The average Bonchev–Trinajstić information content (AvgIpc) is 2.26. The molecule has 0 amide bonds. The Balaban J connectivity index is 3.72. The normalized spacial score (nSPS) is 11.9. The summed E-state index contributed by atoms with van der Waals surface area (Å²) in [6.07, 6.45) is 0.268. The summed E-state index contributed by atoms with van der Waals surface area (Å²) in [6.45, 7) is 7.68. The summed E-state index contributed by atoms with van der Waals surface area (Å²) < 4.78 is 23.7. The first-order valence-electron chi connectivity index (χ1n) is 6.25. The number of hydrogen-bond donors (Lipinski definition) is 1. The van der Waals surface area contributed by atoms with Crippen molar-refractivity contribution in [2.75, 3.05) is 0 Å². The Morgan fingerprint density at radius 3 is 1.84 bits per heavy atom. The molecule has 0 spiro atoms. The van der Waals surface area contributed by atoms with Gasteiger partial charge in [-0.25, -0.2) is 13.6 Å². The summed E-state index contributed by atoms with van der Waals surface area (Å²) in [5, 5.41) is 14.2. The van der Waals surface area contributed by atoms with Crippen molar-refractivity contribution in [2.45, 2.75) is 50.8 Å². The highest BCUT2D eigenvalue weighted by Gasteiger charge is 2.23. The van der Waals surface area contributed by atoms with E-state index in [1.807, 2.05) is 27.7 Å². The van der Waals surface area contributed by atoms with Crippen LogP contribution in [-0.4, -0.2) is 8.42 Å². The van der Waals surface area contributed by atoms with Crippen LogP contribution < -0.4 is 5.14 Å². The summed E-state index contributed by atoms with van der Waals surface area (Å²) in [5.41, 5.74) is 2.22. The highest BCUT2D eigenvalue weighted by Crippen LogP contribution is 2.32. The summed E-state index contributed by atoms with van der Waals surface area (Å²) in [5.74, 6) is 0.0638. The second-order valence-electron chi connectivity index (χ2n) is 5.29. The van der Waals surface area contributed by atoms with E-state index in [-0.39, 0.29) is 23.2 Å². The van der Waals surface area contributed by atoms with Crippen molar-refractivity contribution in [3.05, 3.63) is 28.8 Å². The topological polar surface area (TPSA) is 83.9 Å². The second kappa shape index (κ2) is 5.72. The standard InChI is InChI=1S/C14H20N2O2S/c1-9(2)12-7-11(5-6-15)8-13(10(3)4)14(12)19(16,17)18/h7-10H,5H2,1-4H3,(H2,16,17,18). The zero-order valence-electron chi connectivity index (χ0n) is 11.8. The molecule has 1 aromatic rings. The first kappa shape index (κ1) is 15.7. The minimum Gasteiger partial charge on any atom is -0.225 e. The Morgan fingerprint density at radius 1 is 1.16 bits per heavy atom. The molecule has 19 heavy (non-hydrogen) atoms. The van der Waals surface area contributed by atoms with Crippen LogP contribution in [0.25, 0.3) is 0 Å². The van der Waals surface area contributed by atoms with E-state index in [1.165, 1.54) is 0 Å². The Morgan fingerprint density at radius 2 is 1.58 bits per heavy atom. The third-order valence-corrected chi connectivity index (χ3v) is 4.06. The minimum atomic E-state index is -3.77. The molecule has 0 aromatic heterocycles. The van der Waals surface area contributed by atoms with Gasteiger partial charge in [-0.15, -0.1) is 0 Å². The molecular formula is C14H20N2O2S. The van der Waals surface area contributed by atoms with Gasteiger partial charge in [0.05, 0.1) is 17.4 Å². The number of benzene rings is 1. The maximum Gasteiger partial charge on any atom is 0.238 e. The van der Waals surface area contributed by atoms with E-state index in [9.17, 15) is 8.42 Å². The predicted octanol–water partition coefficient (Wildman–Crippen LogP) is 2.65. The molecule has 4 nitrogen and oxygen atoms in total. The number of sulfonamides is 1. The Kier molecular flexibility index (Phi) is 4.72. The largest absolute Gasteiger partial charge is 0.238 e. The summed E-state index contributed by atoms with van der Waals surface area (Å²) in [4.78, 5) is 0.221. The zero-order chi connectivity index (χ0) is 14.8. The third-order valence-electron chi connectivity index (χ3n) is 3.02. The van der Waals surface area contributed by atoms with Gasteiger partial charge in [0.25, 0.3) is 0 Å². The van der Waals surface area contributed by atoms with Gasteiger partial charge >= 0.3 is 0 Å². The number of nitrogens with zero attached hydrogens (tertiary/aromatic N) is 1. The zero-order valence-corrected chi connectivity index (χ0v) is 12.6. The van der Waals surface area contributed by atoms with Crippen molar-refractivity contribution < 1.29 is 8.42 Å². The molecule has 0 aliphatic rings. The number of hydrogen-bond acceptors (Lipinski definition) is 3. The van der Waals surface area contributed by atoms with E-state index in [1.54, 1.807) is 12.1 Å². The lowest BCUT2D eigenvalue weighted by Crippen LogP contribution is -2.18. The maximum atomic E-state index is 11.9. The van der Waals surface area contributed by atoms with Gasteiger partial charge in [-0.1, -0.05) is 39.8 Å². The summed E-state index contributed by atoms with van der Waals surface area (Å²) in [6, 6.07) is 5.65. The van der Waals surface area contributed by atoms with Crippen LogP contribution in [0.5, 0.6) is 0 Å². The molecule has 0 bridgehead atoms. The monoisotopic (exact) mass is 280 g/mol. The highest BCUT2D eigenvalue weighted by atomic mass is 32.2. The molecule has 0 heterocycles. The Hall–Kier alpha value is -1.38. The van der Waals surface area contributed by atoms with Crippen LogP contribution in [0.15, 0.2) is 17.0 Å². The van der Waals surface area contributed by atoms with Crippen molar-refractivity contribution in [1.29, 1.82) is 5.26 Å². The van der Waals surface area contributed by atoms with Crippen LogP contribution in [0.4, 0.5) is 0 Å². The van der Waals surface area contributed by atoms with E-state index in [0.29, 0.717) is 11.1 Å². The smallest absolute Gasteiger partial charge is 0.225 e. The number of nitriles is 1. The van der Waals surface area contributed by atoms with Crippen LogP contribution >= 0.6 is 0 Å². The molecule has 0 aliphatic carbocycles. The first-order valence-corrected chi connectivity index (χ1v) is 7.79. The third kappa shape index (κ3) is 3.55. The summed E-state index contributed by atoms with van der Waals surface area (Å²) in [7, 11) is -3.77. The number of rotatable bonds is 4. The molecule has 1 aromatic carbocycles. The van der Waals surface area contributed by atoms with Crippen LogP contribution in [0, 0.1) is 11.3 Å². The molecule has 0 saturated carbocycles. The lowest BCUT2D eigenvalue weighted by Gasteiger charge is -2.19. The fourth-order valence-corrected chi connectivity index (χ4v) is 3.36. The molecule has 0 saturated heterocycles. The van der Waals surface area contributed by atoms with Gasteiger partial charge in [0.15, 0.2) is 0 Å². The van der Waals surface area contributed by atoms with E-state index < -0.39 is 10.0 Å². The van der Waals surface area contributed by atoms with E-state index in [2.05, 4.69) is 6.07 Å². The van der Waals surface area contributed by atoms with Crippen LogP contribution in [0.3, 0.4) is 0 Å². The molecule has 0 aliphatic heterocycles. The molecule has 5 heteroatoms. The Labute approximate surface area is 115 Å². The molecule has 0 unspecified atom stereocenters. The van der Waals surface area contributed by atoms with Crippen molar-refractivity contribution in [1.82, 2.24) is 0 Å². The SMILES string of the molecule is CC(C)c1cc(CC#N)cc(C(C)C)c1S(N)(=O)=O. The van der Waals surface area contributed by atoms with Crippen LogP contribution in [0.2, 0.25) is 0 Å². The van der Waals surface area contributed by atoms with E-state index in [4.69, 9.17) is 10.4 Å². The first-order chi connectivity index (χ1) is 8.68. The van der Waals surface area contributed by atoms with Crippen LogP contribution in [0.1, 0.15) is 56.2 Å². The number of primary sulfonamides is 1. The summed E-state index contributed by atoms with van der Waals surface area (Å²) >= 11 is 0. The van der Waals surface area contributed by atoms with Crippen molar-refractivity contribution in [3.63, 3.8) is 0 Å². The second-order valence-corrected chi connectivity index (χ2v) is 6.79. The van der Waals surface area contributed by atoms with Crippen molar-refractivity contribution in [3.8, 4) is 6.07 Å². The number of nitrogens with two attached hydrogens (primary N) is 1. The highest BCUT2D eigenvalue weighted by molar-refractivity contribution is 7.89. The van der Waals surface area contributed by atoms with Gasteiger partial charge in [0, 0.05) is 0 Å². The van der Waals surface area contributed by atoms with Crippen molar-refractivity contribution >= 4 is 10.0 Å². The molecule has 0 fully saturated rings. The van der Waals surface area contributed by atoms with Crippen LogP contribution in [-0.2, 0) is 16.4 Å². The average molecular weight is 280 g/mol. The van der Waals surface area contributed by atoms with Gasteiger partial charge in [-0.2, -0.15) is 5.26 Å². The molecule has 0 radical (unpaired) electrons. The lowest BCUT2D eigenvalue weighted by atomic mass is 9.92. The lowest BCUT2D eigenvalue weighted by molar-refractivity contribution is 0.592. The van der Waals surface area contributed by atoms with Gasteiger partial charge in [-0.3, -0.25) is 0 Å². The fraction of sp³-hybridized carbons (Fsp3) is 0.500. The molecule has 0 atom stereocenters. The quantitative estimate of drug-likeness (QED) is 0.920. The Bertz CT molecular complexity index is 582. The van der Waals surface area contributed by atoms with Gasteiger partial charge in [-0.05, 0) is 28.5 Å². The van der Waals surface area contributed by atoms with Crippen molar-refractivity contribution in [2.24, 2.45) is 5.14 Å². The molecule has 1 rings (SSSR count). The fourth-order valence-electron chi connectivity index (χ4n) is 2.12. The van der Waals surface area contributed by atoms with E-state index >= 15 is 0 Å². The molecule has 2 N–H and O–H groups in total.